The van der Waals surface area contributed by atoms with Crippen molar-refractivity contribution in [3.63, 3.8) is 0 Å². The second-order valence-corrected chi connectivity index (χ2v) is 9.80. The smallest absolute Gasteiger partial charge is 0.357 e. The van der Waals surface area contributed by atoms with Gasteiger partial charge in [-0.25, -0.2) is 9.59 Å². The van der Waals surface area contributed by atoms with Crippen LogP contribution in [0, 0.1) is 0 Å². The number of ether oxygens (including phenoxy) is 2. The van der Waals surface area contributed by atoms with E-state index in [1.807, 2.05) is 0 Å². The van der Waals surface area contributed by atoms with Crippen LogP contribution in [0.4, 0.5) is 0 Å². The van der Waals surface area contributed by atoms with Gasteiger partial charge in [0.2, 0.25) is 17.0 Å². The van der Waals surface area contributed by atoms with Crippen molar-refractivity contribution in [3.8, 4) is 0 Å². The number of carbonyl (C=O) groups is 3. The van der Waals surface area contributed by atoms with E-state index < -0.39 is 50.5 Å². The molecule has 0 aliphatic heterocycles. The Kier molecular flexibility index (Phi) is 10.5. The van der Waals surface area contributed by atoms with E-state index >= 15 is 0 Å². The standard InChI is InChI=1S/C13H26N2O11P2/c1-3-25-11(17)10(12(18)26-4-2)15-9(16)7-5-6-8-13(14,27(19,20)21)28(22,23)24/h10H,3-8,14H2,1-2H3,(H,15,16)(H2,19,20,21)(H2,22,23,24). The van der Waals surface area contributed by atoms with E-state index in [2.05, 4.69) is 14.8 Å². The fourth-order valence-electron chi connectivity index (χ4n) is 2.03. The highest BCUT2D eigenvalue weighted by atomic mass is 31.2. The number of esters is 2. The second kappa shape index (κ2) is 11.0. The van der Waals surface area contributed by atoms with Gasteiger partial charge in [0.25, 0.3) is 0 Å². The zero-order chi connectivity index (χ0) is 22.2. The summed E-state index contributed by atoms with van der Waals surface area (Å²) < 4.78 is 32.0. The van der Waals surface area contributed by atoms with Crippen molar-refractivity contribution < 1.29 is 52.6 Å². The number of rotatable bonds is 12. The number of hydrogen-bond acceptors (Lipinski definition) is 8. The van der Waals surface area contributed by atoms with Gasteiger partial charge in [-0.3, -0.25) is 13.9 Å². The molecule has 0 bridgehead atoms. The normalized spacial score (nSPS) is 12.6. The summed E-state index contributed by atoms with van der Waals surface area (Å²) in [6, 6.07) is -1.67. The molecule has 0 aromatic rings. The number of unbranched alkanes of at least 4 members (excludes halogenated alkanes) is 1. The number of hydrogen-bond donors (Lipinski definition) is 6. The third-order valence-corrected chi connectivity index (χ3v) is 7.59. The lowest BCUT2D eigenvalue weighted by Gasteiger charge is -2.30. The summed E-state index contributed by atoms with van der Waals surface area (Å²) in [4.78, 5) is 72.0. The van der Waals surface area contributed by atoms with Gasteiger partial charge in [-0.15, -0.1) is 0 Å². The SMILES string of the molecule is CCOC(=O)C(NC(=O)CCCCC(N)(P(=O)(O)O)P(=O)(O)O)C(=O)OCC. The van der Waals surface area contributed by atoms with Crippen molar-refractivity contribution in [2.24, 2.45) is 5.73 Å². The summed E-state index contributed by atoms with van der Waals surface area (Å²) in [7, 11) is -10.7. The molecule has 0 saturated heterocycles. The van der Waals surface area contributed by atoms with Crippen LogP contribution in [0.25, 0.3) is 0 Å². The van der Waals surface area contributed by atoms with E-state index in [0.717, 1.165) is 0 Å². The lowest BCUT2D eigenvalue weighted by Crippen LogP contribution is -2.48. The van der Waals surface area contributed by atoms with E-state index in [0.29, 0.717) is 0 Å². The van der Waals surface area contributed by atoms with Crippen molar-refractivity contribution in [2.75, 3.05) is 13.2 Å². The minimum atomic E-state index is -5.35. The third kappa shape index (κ3) is 7.59. The Bertz CT molecular complexity index is 617. The van der Waals surface area contributed by atoms with Crippen LogP contribution in [0.2, 0.25) is 0 Å². The molecule has 164 valence electrons. The third-order valence-electron chi connectivity index (χ3n) is 3.56. The minimum Gasteiger partial charge on any atom is -0.464 e. The minimum absolute atomic E-state index is 0.0338. The van der Waals surface area contributed by atoms with E-state index in [1.54, 1.807) is 0 Å². The van der Waals surface area contributed by atoms with E-state index in [1.165, 1.54) is 13.8 Å². The predicted molar refractivity (Wildman–Crippen MR) is 94.7 cm³/mol. The molecule has 28 heavy (non-hydrogen) atoms. The van der Waals surface area contributed by atoms with E-state index in [-0.39, 0.29) is 32.5 Å². The van der Waals surface area contributed by atoms with Crippen molar-refractivity contribution in [1.29, 1.82) is 0 Å². The molecule has 0 aliphatic rings. The number of nitrogens with one attached hydrogen (secondary N) is 1. The summed E-state index contributed by atoms with van der Waals surface area (Å²) >= 11 is 0. The fraction of sp³-hybridized carbons (Fsp3) is 0.769. The monoisotopic (exact) mass is 448 g/mol. The Morgan fingerprint density at radius 2 is 1.39 bits per heavy atom. The second-order valence-electron chi connectivity index (χ2n) is 5.68. The topological polar surface area (TPSA) is 223 Å². The Balaban J connectivity index is 4.83. The van der Waals surface area contributed by atoms with Gasteiger partial charge in [-0.1, -0.05) is 0 Å². The van der Waals surface area contributed by atoms with Crippen LogP contribution in [0.1, 0.15) is 39.5 Å². The van der Waals surface area contributed by atoms with Crippen molar-refractivity contribution in [1.82, 2.24) is 5.32 Å². The first-order valence-corrected chi connectivity index (χ1v) is 11.5. The van der Waals surface area contributed by atoms with Crippen molar-refractivity contribution in [3.05, 3.63) is 0 Å². The summed E-state index contributed by atoms with van der Waals surface area (Å²) in [6.45, 7) is 2.94. The molecule has 0 aromatic heterocycles. The first-order chi connectivity index (χ1) is 12.7. The van der Waals surface area contributed by atoms with Crippen molar-refractivity contribution in [2.45, 2.75) is 50.6 Å². The molecule has 0 spiro atoms. The Labute approximate surface area is 161 Å². The zero-order valence-electron chi connectivity index (χ0n) is 15.4. The number of nitrogens with two attached hydrogens (primary N) is 1. The molecule has 1 amide bonds. The largest absolute Gasteiger partial charge is 0.464 e. The van der Waals surface area contributed by atoms with Gasteiger partial charge >= 0.3 is 27.1 Å². The average Bonchev–Trinajstić information content (AvgIpc) is 2.54. The maximum Gasteiger partial charge on any atom is 0.357 e. The molecular formula is C13H26N2O11P2. The van der Waals surface area contributed by atoms with Gasteiger partial charge in [0.05, 0.1) is 13.2 Å². The molecule has 0 aliphatic carbocycles. The molecular weight excluding hydrogens is 422 g/mol. The highest BCUT2D eigenvalue weighted by Gasteiger charge is 2.56. The van der Waals surface area contributed by atoms with Gasteiger partial charge in [0.1, 0.15) is 0 Å². The predicted octanol–water partition coefficient (Wildman–Crippen LogP) is -0.874. The van der Waals surface area contributed by atoms with Gasteiger partial charge in [0, 0.05) is 6.42 Å². The summed E-state index contributed by atoms with van der Waals surface area (Å²) in [5.41, 5.74) is 5.25. The molecule has 0 fully saturated rings. The van der Waals surface area contributed by atoms with Crippen LogP contribution in [0.5, 0.6) is 0 Å². The quantitative estimate of drug-likeness (QED) is 0.0927. The first-order valence-electron chi connectivity index (χ1n) is 8.24. The molecule has 0 atom stereocenters. The fourth-order valence-corrected chi connectivity index (χ4v) is 4.29. The van der Waals surface area contributed by atoms with Crippen LogP contribution in [0.15, 0.2) is 0 Å². The lowest BCUT2D eigenvalue weighted by atomic mass is 10.1. The Hall–Kier alpha value is -1.33. The van der Waals surface area contributed by atoms with Gasteiger partial charge in [-0.05, 0) is 33.1 Å². The molecule has 0 unspecified atom stereocenters. The highest BCUT2D eigenvalue weighted by molar-refractivity contribution is 7.72. The van der Waals surface area contributed by atoms with Crippen molar-refractivity contribution >= 4 is 33.0 Å². The average molecular weight is 448 g/mol. The Morgan fingerprint density at radius 3 is 1.75 bits per heavy atom. The molecule has 0 radical (unpaired) electrons. The number of amides is 1. The van der Waals surface area contributed by atoms with Crippen LogP contribution < -0.4 is 11.1 Å². The van der Waals surface area contributed by atoms with Gasteiger partial charge < -0.3 is 40.1 Å². The lowest BCUT2D eigenvalue weighted by molar-refractivity contribution is -0.159. The van der Waals surface area contributed by atoms with Crippen LogP contribution in [-0.4, -0.2) is 61.7 Å². The van der Waals surface area contributed by atoms with E-state index in [9.17, 15) is 23.5 Å². The van der Waals surface area contributed by atoms with Gasteiger partial charge in [0.15, 0.2) is 0 Å². The van der Waals surface area contributed by atoms with E-state index in [4.69, 9.17) is 25.3 Å². The van der Waals surface area contributed by atoms with Crippen LogP contribution >= 0.6 is 15.2 Å². The van der Waals surface area contributed by atoms with Crippen LogP contribution in [0.3, 0.4) is 0 Å². The highest BCUT2D eigenvalue weighted by Crippen LogP contribution is 2.67. The zero-order valence-corrected chi connectivity index (χ0v) is 17.2. The van der Waals surface area contributed by atoms with Crippen LogP contribution in [-0.2, 0) is 33.0 Å². The maximum absolute atomic E-state index is 11.9. The molecule has 13 nitrogen and oxygen atoms in total. The Morgan fingerprint density at radius 1 is 0.964 bits per heavy atom. The maximum atomic E-state index is 11.9. The molecule has 0 aromatic carbocycles. The molecule has 15 heteroatoms. The van der Waals surface area contributed by atoms with Gasteiger partial charge in [-0.2, -0.15) is 0 Å². The summed E-state index contributed by atoms with van der Waals surface area (Å²) in [6.07, 6.45) is -1.37. The number of carbonyl (C=O) groups excluding carboxylic acids is 3. The summed E-state index contributed by atoms with van der Waals surface area (Å²) in [5, 5.41) is -0.943. The molecule has 7 N–H and O–H groups in total. The first kappa shape index (κ1) is 26.7. The summed E-state index contributed by atoms with van der Waals surface area (Å²) in [5.74, 6) is -2.81. The molecule has 0 heterocycles. The molecule has 0 saturated carbocycles. The molecule has 0 rings (SSSR count).